The number of halogens is 1. The summed E-state index contributed by atoms with van der Waals surface area (Å²) in [5.41, 5.74) is 0.656. The molecule has 2 aromatic rings. The lowest BCUT2D eigenvalue weighted by atomic mass is 10.2. The van der Waals surface area contributed by atoms with E-state index in [4.69, 9.17) is 9.15 Å². The first-order chi connectivity index (χ1) is 12.3. The van der Waals surface area contributed by atoms with E-state index in [1.54, 1.807) is 12.1 Å². The van der Waals surface area contributed by atoms with Crippen molar-refractivity contribution in [3.8, 4) is 0 Å². The molecule has 2 atom stereocenters. The normalized spacial score (nSPS) is 20.0. The fourth-order valence-electron chi connectivity index (χ4n) is 2.96. The molecule has 1 fully saturated rings. The van der Waals surface area contributed by atoms with Crippen molar-refractivity contribution < 1.29 is 23.3 Å². The zero-order chi connectivity index (χ0) is 18.8. The Labute approximate surface area is 148 Å². The summed E-state index contributed by atoms with van der Waals surface area (Å²) in [5, 5.41) is 13.1. The van der Waals surface area contributed by atoms with E-state index in [-0.39, 0.29) is 23.7 Å². The molecule has 0 spiro atoms. The Hall–Kier alpha value is -2.94. The van der Waals surface area contributed by atoms with Crippen LogP contribution >= 0.6 is 0 Å². The highest BCUT2D eigenvalue weighted by molar-refractivity contribution is 6.02. The molecular formula is C17H18FN3O5. The van der Waals surface area contributed by atoms with E-state index in [1.807, 2.05) is 18.7 Å². The third-order valence-corrected chi connectivity index (χ3v) is 3.96. The molecule has 0 bridgehead atoms. The van der Waals surface area contributed by atoms with Gasteiger partial charge in [-0.15, -0.1) is 0 Å². The number of hydrogen-bond acceptors (Lipinski definition) is 6. The van der Waals surface area contributed by atoms with E-state index < -0.39 is 22.5 Å². The third kappa shape index (κ3) is 3.83. The van der Waals surface area contributed by atoms with Crippen LogP contribution in [0.3, 0.4) is 0 Å². The van der Waals surface area contributed by atoms with Crippen molar-refractivity contribution >= 4 is 23.2 Å². The van der Waals surface area contributed by atoms with Crippen LogP contribution in [0.2, 0.25) is 0 Å². The van der Waals surface area contributed by atoms with E-state index in [9.17, 15) is 19.3 Å². The van der Waals surface area contributed by atoms with Crippen molar-refractivity contribution in [2.24, 2.45) is 0 Å². The molecule has 1 saturated heterocycles. The van der Waals surface area contributed by atoms with Crippen molar-refractivity contribution in [3.05, 3.63) is 52.0 Å². The minimum atomic E-state index is -0.741. The molecule has 0 radical (unpaired) electrons. The Balaban J connectivity index is 1.72. The van der Waals surface area contributed by atoms with Crippen LogP contribution in [0.15, 0.2) is 34.7 Å². The van der Waals surface area contributed by atoms with Gasteiger partial charge in [-0.1, -0.05) is 0 Å². The molecule has 2 heterocycles. The second-order valence-electron chi connectivity index (χ2n) is 6.18. The molecule has 1 N–H and O–H groups in total. The maximum absolute atomic E-state index is 14.5. The number of nitrogens with zero attached hydrogens (tertiary/aromatic N) is 2. The Morgan fingerprint density at radius 3 is 2.54 bits per heavy atom. The first-order valence-electron chi connectivity index (χ1n) is 8.09. The van der Waals surface area contributed by atoms with E-state index in [1.165, 1.54) is 12.1 Å². The van der Waals surface area contributed by atoms with Crippen molar-refractivity contribution in [2.45, 2.75) is 26.1 Å². The van der Waals surface area contributed by atoms with Crippen molar-refractivity contribution in [1.82, 2.24) is 0 Å². The Morgan fingerprint density at radius 2 is 1.96 bits per heavy atom. The van der Waals surface area contributed by atoms with Gasteiger partial charge in [0, 0.05) is 18.8 Å². The van der Waals surface area contributed by atoms with Gasteiger partial charge >= 0.3 is 5.88 Å². The zero-order valence-electron chi connectivity index (χ0n) is 14.3. The number of anilines is 2. The van der Waals surface area contributed by atoms with Gasteiger partial charge in [-0.3, -0.25) is 14.9 Å². The van der Waals surface area contributed by atoms with Gasteiger partial charge in [0.15, 0.2) is 5.76 Å². The average molecular weight is 363 g/mol. The SMILES string of the molecule is C[C@H]1CN(c2ccc(NC(=O)c3ccc([N+](=O)[O-])o3)cc2F)C[C@H](C)O1. The fourth-order valence-corrected chi connectivity index (χ4v) is 2.96. The van der Waals surface area contributed by atoms with Crippen molar-refractivity contribution in [2.75, 3.05) is 23.3 Å². The van der Waals surface area contributed by atoms with Crippen LogP contribution in [0.4, 0.5) is 21.6 Å². The highest BCUT2D eigenvalue weighted by Gasteiger charge is 2.24. The summed E-state index contributed by atoms with van der Waals surface area (Å²) in [6.45, 7) is 5.00. The summed E-state index contributed by atoms with van der Waals surface area (Å²) in [5.74, 6) is -1.93. The molecule has 9 heteroatoms. The monoisotopic (exact) mass is 363 g/mol. The number of ether oxygens (including phenoxy) is 1. The number of hydrogen-bond donors (Lipinski definition) is 1. The molecule has 1 aliphatic rings. The van der Waals surface area contributed by atoms with Crippen LogP contribution < -0.4 is 10.2 Å². The average Bonchev–Trinajstić information content (AvgIpc) is 3.04. The number of furan rings is 1. The highest BCUT2D eigenvalue weighted by atomic mass is 19.1. The molecule has 138 valence electrons. The number of nitro groups is 1. The number of morpholine rings is 1. The van der Waals surface area contributed by atoms with E-state index >= 15 is 0 Å². The molecule has 1 aliphatic heterocycles. The first kappa shape index (κ1) is 17.9. The van der Waals surface area contributed by atoms with Crippen LogP contribution in [-0.2, 0) is 4.74 Å². The lowest BCUT2D eigenvalue weighted by molar-refractivity contribution is -0.402. The first-order valence-corrected chi connectivity index (χ1v) is 8.09. The Morgan fingerprint density at radius 1 is 1.27 bits per heavy atom. The van der Waals surface area contributed by atoms with Crippen LogP contribution in [0, 0.1) is 15.9 Å². The molecule has 26 heavy (non-hydrogen) atoms. The second-order valence-corrected chi connectivity index (χ2v) is 6.18. The van der Waals surface area contributed by atoms with Crippen LogP contribution in [-0.4, -0.2) is 36.1 Å². The number of benzene rings is 1. The quantitative estimate of drug-likeness (QED) is 0.662. The predicted molar refractivity (Wildman–Crippen MR) is 91.9 cm³/mol. The summed E-state index contributed by atoms with van der Waals surface area (Å²) in [6.07, 6.45) is -0.0143. The number of carbonyl (C=O) groups excluding carboxylic acids is 1. The molecular weight excluding hydrogens is 345 g/mol. The number of carbonyl (C=O) groups is 1. The molecule has 0 unspecified atom stereocenters. The van der Waals surface area contributed by atoms with Gasteiger partial charge in [-0.2, -0.15) is 0 Å². The molecule has 1 aromatic carbocycles. The molecule has 0 aliphatic carbocycles. The second kappa shape index (κ2) is 7.12. The van der Waals surface area contributed by atoms with E-state index in [0.29, 0.717) is 18.8 Å². The third-order valence-electron chi connectivity index (χ3n) is 3.96. The van der Waals surface area contributed by atoms with Gasteiger partial charge in [0.1, 0.15) is 10.7 Å². The van der Waals surface area contributed by atoms with Gasteiger partial charge in [-0.25, -0.2) is 4.39 Å². The van der Waals surface area contributed by atoms with Gasteiger partial charge in [0.25, 0.3) is 5.91 Å². The molecule has 3 rings (SSSR count). The zero-order valence-corrected chi connectivity index (χ0v) is 14.3. The number of nitrogens with one attached hydrogen (secondary N) is 1. The van der Waals surface area contributed by atoms with Gasteiger partial charge in [-0.05, 0) is 38.1 Å². The molecule has 1 aromatic heterocycles. The van der Waals surface area contributed by atoms with E-state index in [0.717, 1.165) is 6.07 Å². The summed E-state index contributed by atoms with van der Waals surface area (Å²) < 4.78 is 25.0. The predicted octanol–water partition coefficient (Wildman–Crippen LogP) is 3.19. The Kier molecular flexibility index (Phi) is 4.90. The van der Waals surface area contributed by atoms with Gasteiger partial charge in [0.05, 0.1) is 24.0 Å². The maximum atomic E-state index is 14.5. The minimum absolute atomic E-state index is 0.00716. The maximum Gasteiger partial charge on any atom is 0.433 e. The highest BCUT2D eigenvalue weighted by Crippen LogP contribution is 2.26. The fraction of sp³-hybridized carbons (Fsp3) is 0.353. The van der Waals surface area contributed by atoms with Crippen molar-refractivity contribution in [1.29, 1.82) is 0 Å². The van der Waals surface area contributed by atoms with Gasteiger partial charge < -0.3 is 19.4 Å². The number of rotatable bonds is 4. The summed E-state index contributed by atoms with van der Waals surface area (Å²) >= 11 is 0. The van der Waals surface area contributed by atoms with Crippen LogP contribution in [0.1, 0.15) is 24.4 Å². The summed E-state index contributed by atoms with van der Waals surface area (Å²) in [4.78, 5) is 23.8. The molecule has 0 saturated carbocycles. The number of amides is 1. The molecule has 1 amide bonds. The minimum Gasteiger partial charge on any atom is -0.395 e. The molecule has 8 nitrogen and oxygen atoms in total. The van der Waals surface area contributed by atoms with Crippen LogP contribution in [0.5, 0.6) is 0 Å². The lowest BCUT2D eigenvalue weighted by Crippen LogP contribution is -2.45. The topological polar surface area (TPSA) is 97.9 Å². The van der Waals surface area contributed by atoms with Crippen LogP contribution in [0.25, 0.3) is 0 Å². The summed E-state index contributed by atoms with van der Waals surface area (Å²) in [6, 6.07) is 6.63. The van der Waals surface area contributed by atoms with E-state index in [2.05, 4.69) is 5.32 Å². The van der Waals surface area contributed by atoms with Crippen molar-refractivity contribution in [3.63, 3.8) is 0 Å². The largest absolute Gasteiger partial charge is 0.433 e. The summed E-state index contributed by atoms with van der Waals surface area (Å²) in [7, 11) is 0. The smallest absolute Gasteiger partial charge is 0.395 e. The lowest BCUT2D eigenvalue weighted by Gasteiger charge is -2.37. The Bertz CT molecular complexity index is 828. The standard InChI is InChI=1S/C17H18FN3O5/c1-10-8-20(9-11(2)25-10)14-4-3-12(7-13(14)18)19-17(22)15-5-6-16(26-15)21(23)24/h3-7,10-11H,8-9H2,1-2H3,(H,19,22)/t10-,11-/m0/s1. The van der Waals surface area contributed by atoms with Gasteiger partial charge in [0.2, 0.25) is 0 Å².